The van der Waals surface area contributed by atoms with Gasteiger partial charge in [0, 0.05) is 11.6 Å². The van der Waals surface area contributed by atoms with Gasteiger partial charge in [0.1, 0.15) is 17.9 Å². The Morgan fingerprint density at radius 1 is 1.26 bits per heavy atom. The molecule has 2 aromatic carbocycles. The SMILES string of the molecule is CNCCOc1cccc2c1[nH]c(=O)n2Cc1cccc(Cl)c1. The van der Waals surface area contributed by atoms with E-state index in [0.717, 1.165) is 23.1 Å². The van der Waals surface area contributed by atoms with E-state index in [2.05, 4.69) is 10.3 Å². The molecule has 0 saturated carbocycles. The maximum absolute atomic E-state index is 12.3. The van der Waals surface area contributed by atoms with E-state index in [1.165, 1.54) is 0 Å². The van der Waals surface area contributed by atoms with Crippen LogP contribution in [0.25, 0.3) is 11.0 Å². The Morgan fingerprint density at radius 3 is 2.87 bits per heavy atom. The van der Waals surface area contributed by atoms with Gasteiger partial charge in [-0.05, 0) is 36.9 Å². The second-order valence-corrected chi connectivity index (χ2v) is 5.68. The predicted octanol–water partition coefficient (Wildman–Crippen LogP) is 2.63. The van der Waals surface area contributed by atoms with Crippen molar-refractivity contribution in [1.29, 1.82) is 0 Å². The molecule has 0 bridgehead atoms. The molecule has 0 spiro atoms. The van der Waals surface area contributed by atoms with Gasteiger partial charge in [0.15, 0.2) is 0 Å². The highest BCUT2D eigenvalue weighted by Gasteiger charge is 2.11. The number of imidazole rings is 1. The first-order chi connectivity index (χ1) is 11.2. The maximum Gasteiger partial charge on any atom is 0.326 e. The second-order valence-electron chi connectivity index (χ2n) is 5.25. The zero-order valence-electron chi connectivity index (χ0n) is 12.8. The van der Waals surface area contributed by atoms with Crippen LogP contribution in [0.1, 0.15) is 5.56 Å². The average Bonchev–Trinajstić information content (AvgIpc) is 2.85. The molecule has 1 heterocycles. The van der Waals surface area contributed by atoms with Crippen molar-refractivity contribution in [2.75, 3.05) is 20.2 Å². The minimum Gasteiger partial charge on any atom is -0.490 e. The van der Waals surface area contributed by atoms with Gasteiger partial charge in [0.05, 0.1) is 12.1 Å². The molecule has 0 aliphatic rings. The first kappa shape index (κ1) is 15.6. The molecule has 0 saturated heterocycles. The predicted molar refractivity (Wildman–Crippen MR) is 92.5 cm³/mol. The molecule has 0 atom stereocenters. The number of rotatable bonds is 6. The molecule has 3 rings (SSSR count). The Hall–Kier alpha value is -2.24. The summed E-state index contributed by atoms with van der Waals surface area (Å²) in [5.74, 6) is 0.680. The molecule has 23 heavy (non-hydrogen) atoms. The highest BCUT2D eigenvalue weighted by molar-refractivity contribution is 6.30. The number of fused-ring (bicyclic) bond motifs is 1. The third-order valence-corrected chi connectivity index (χ3v) is 3.85. The van der Waals surface area contributed by atoms with Crippen molar-refractivity contribution in [3.8, 4) is 5.75 Å². The third kappa shape index (κ3) is 3.41. The molecule has 0 amide bonds. The Bertz CT molecular complexity index is 870. The van der Waals surface area contributed by atoms with E-state index in [-0.39, 0.29) is 5.69 Å². The van der Waals surface area contributed by atoms with Gasteiger partial charge in [-0.25, -0.2) is 4.79 Å². The summed E-state index contributed by atoms with van der Waals surface area (Å²) in [4.78, 5) is 15.2. The van der Waals surface area contributed by atoms with Gasteiger partial charge in [0.2, 0.25) is 0 Å². The van der Waals surface area contributed by atoms with Gasteiger partial charge in [0.25, 0.3) is 0 Å². The monoisotopic (exact) mass is 331 g/mol. The lowest BCUT2D eigenvalue weighted by molar-refractivity contribution is 0.321. The van der Waals surface area contributed by atoms with Crippen molar-refractivity contribution in [1.82, 2.24) is 14.9 Å². The Morgan fingerprint density at radius 2 is 2.09 bits per heavy atom. The molecule has 6 heteroatoms. The number of aromatic nitrogens is 2. The van der Waals surface area contributed by atoms with Crippen molar-refractivity contribution in [3.63, 3.8) is 0 Å². The van der Waals surface area contributed by atoms with Crippen molar-refractivity contribution < 1.29 is 4.74 Å². The number of benzene rings is 2. The summed E-state index contributed by atoms with van der Waals surface area (Å²) in [5.41, 5.74) is 2.35. The van der Waals surface area contributed by atoms with Gasteiger partial charge in [-0.15, -0.1) is 0 Å². The standard InChI is InChI=1S/C17H18ClN3O2/c1-19-8-9-23-15-7-3-6-14-16(15)20-17(22)21(14)11-12-4-2-5-13(18)10-12/h2-7,10,19H,8-9,11H2,1H3,(H,20,22). The zero-order valence-corrected chi connectivity index (χ0v) is 13.6. The Balaban J connectivity index is 1.96. The van der Waals surface area contributed by atoms with E-state index < -0.39 is 0 Å². The highest BCUT2D eigenvalue weighted by atomic mass is 35.5. The van der Waals surface area contributed by atoms with E-state index >= 15 is 0 Å². The summed E-state index contributed by atoms with van der Waals surface area (Å²) in [5, 5.41) is 3.68. The number of ether oxygens (including phenoxy) is 1. The molecule has 0 aliphatic heterocycles. The molecule has 2 N–H and O–H groups in total. The lowest BCUT2D eigenvalue weighted by Crippen LogP contribution is -2.17. The molecule has 0 aliphatic carbocycles. The number of para-hydroxylation sites is 1. The van der Waals surface area contributed by atoms with Gasteiger partial charge in [-0.2, -0.15) is 0 Å². The fraction of sp³-hybridized carbons (Fsp3) is 0.235. The molecular formula is C17H18ClN3O2. The molecule has 3 aromatic rings. The zero-order chi connectivity index (χ0) is 16.2. The second kappa shape index (κ2) is 6.89. The maximum atomic E-state index is 12.3. The molecular weight excluding hydrogens is 314 g/mol. The minimum absolute atomic E-state index is 0.162. The van der Waals surface area contributed by atoms with Gasteiger partial charge < -0.3 is 15.0 Å². The number of likely N-dealkylation sites (N-methyl/N-ethyl adjacent to an activating group) is 1. The van der Waals surface area contributed by atoms with Gasteiger partial charge >= 0.3 is 5.69 Å². The van der Waals surface area contributed by atoms with Crippen molar-refractivity contribution >= 4 is 22.6 Å². The summed E-state index contributed by atoms with van der Waals surface area (Å²) < 4.78 is 7.42. The van der Waals surface area contributed by atoms with E-state index in [1.807, 2.05) is 49.5 Å². The Kier molecular flexibility index (Phi) is 4.69. The summed E-state index contributed by atoms with van der Waals surface area (Å²) >= 11 is 6.02. The number of H-pyrrole nitrogens is 1. The summed E-state index contributed by atoms with van der Waals surface area (Å²) in [6.07, 6.45) is 0. The van der Waals surface area contributed by atoms with Crippen LogP contribution in [-0.2, 0) is 6.54 Å². The first-order valence-corrected chi connectivity index (χ1v) is 7.80. The summed E-state index contributed by atoms with van der Waals surface area (Å²) in [6.45, 7) is 1.74. The van der Waals surface area contributed by atoms with E-state index in [9.17, 15) is 4.79 Å². The van der Waals surface area contributed by atoms with Crippen LogP contribution >= 0.6 is 11.6 Å². The molecule has 1 aromatic heterocycles. The van der Waals surface area contributed by atoms with E-state index in [1.54, 1.807) is 4.57 Å². The van der Waals surface area contributed by atoms with Crippen LogP contribution in [0.5, 0.6) is 5.75 Å². The number of hydrogen-bond acceptors (Lipinski definition) is 3. The van der Waals surface area contributed by atoms with E-state index in [0.29, 0.717) is 23.9 Å². The van der Waals surface area contributed by atoms with Gasteiger partial charge in [-0.3, -0.25) is 4.57 Å². The number of nitrogens with one attached hydrogen (secondary N) is 2. The molecule has 120 valence electrons. The van der Waals surface area contributed by atoms with Crippen molar-refractivity contribution in [3.05, 3.63) is 63.5 Å². The topological polar surface area (TPSA) is 59.0 Å². The fourth-order valence-corrected chi connectivity index (χ4v) is 2.73. The number of halogens is 1. The van der Waals surface area contributed by atoms with Crippen LogP contribution in [-0.4, -0.2) is 29.8 Å². The number of aromatic amines is 1. The molecule has 0 unspecified atom stereocenters. The van der Waals surface area contributed by atoms with Crippen LogP contribution in [0.4, 0.5) is 0 Å². The average molecular weight is 332 g/mol. The molecule has 0 fully saturated rings. The molecule has 5 nitrogen and oxygen atoms in total. The van der Waals surface area contributed by atoms with Crippen molar-refractivity contribution in [2.24, 2.45) is 0 Å². The van der Waals surface area contributed by atoms with Crippen LogP contribution < -0.4 is 15.7 Å². The van der Waals surface area contributed by atoms with Gasteiger partial charge in [-0.1, -0.05) is 29.8 Å². The van der Waals surface area contributed by atoms with Crippen LogP contribution in [0.15, 0.2) is 47.3 Å². The Labute approximate surface area is 138 Å². The quantitative estimate of drug-likeness (QED) is 0.683. The fourth-order valence-electron chi connectivity index (χ4n) is 2.51. The van der Waals surface area contributed by atoms with Crippen LogP contribution in [0, 0.1) is 0 Å². The summed E-state index contributed by atoms with van der Waals surface area (Å²) in [7, 11) is 1.87. The number of hydrogen-bond donors (Lipinski definition) is 2. The van der Waals surface area contributed by atoms with Crippen LogP contribution in [0.3, 0.4) is 0 Å². The summed E-state index contributed by atoms with van der Waals surface area (Å²) in [6, 6.07) is 13.2. The number of nitrogens with zero attached hydrogens (tertiary/aromatic N) is 1. The van der Waals surface area contributed by atoms with Crippen LogP contribution in [0.2, 0.25) is 5.02 Å². The first-order valence-electron chi connectivity index (χ1n) is 7.42. The smallest absolute Gasteiger partial charge is 0.326 e. The lowest BCUT2D eigenvalue weighted by atomic mass is 10.2. The minimum atomic E-state index is -0.162. The lowest BCUT2D eigenvalue weighted by Gasteiger charge is -2.08. The van der Waals surface area contributed by atoms with Crippen molar-refractivity contribution in [2.45, 2.75) is 6.54 Å². The highest BCUT2D eigenvalue weighted by Crippen LogP contribution is 2.23. The largest absolute Gasteiger partial charge is 0.490 e. The normalized spacial score (nSPS) is 11.0. The third-order valence-electron chi connectivity index (χ3n) is 3.61. The molecule has 0 radical (unpaired) electrons. The van der Waals surface area contributed by atoms with E-state index in [4.69, 9.17) is 16.3 Å².